The Bertz CT molecular complexity index is 939. The van der Waals surface area contributed by atoms with E-state index in [9.17, 15) is 0 Å². The van der Waals surface area contributed by atoms with Crippen LogP contribution in [0.1, 0.15) is 54.2 Å². The highest BCUT2D eigenvalue weighted by Crippen LogP contribution is 2.40. The molecule has 2 fully saturated rings. The summed E-state index contributed by atoms with van der Waals surface area (Å²) in [5.74, 6) is 3.96. The van der Waals surface area contributed by atoms with Crippen molar-refractivity contribution < 1.29 is 9.15 Å². The number of piperidine rings is 1. The first-order chi connectivity index (χ1) is 13.8. The molecule has 5 rings (SSSR count). The maximum Gasteiger partial charge on any atom is 0.197 e. The van der Waals surface area contributed by atoms with Gasteiger partial charge in [-0.1, -0.05) is 12.1 Å². The van der Waals surface area contributed by atoms with Crippen molar-refractivity contribution in [2.45, 2.75) is 44.1 Å². The van der Waals surface area contributed by atoms with Gasteiger partial charge in [0.1, 0.15) is 11.5 Å². The Morgan fingerprint density at radius 1 is 1.14 bits per heavy atom. The molecule has 28 heavy (non-hydrogen) atoms. The molecular formula is C22H25N3O2S. The molecule has 0 radical (unpaired) electrons. The second-order valence-corrected chi connectivity index (χ2v) is 8.65. The van der Waals surface area contributed by atoms with E-state index in [1.165, 1.54) is 17.8 Å². The van der Waals surface area contributed by atoms with Gasteiger partial charge in [-0.25, -0.2) is 9.97 Å². The first kappa shape index (κ1) is 17.9. The van der Waals surface area contributed by atoms with Crippen molar-refractivity contribution in [1.82, 2.24) is 14.9 Å². The molecule has 1 aliphatic heterocycles. The number of aromatic nitrogens is 2. The van der Waals surface area contributed by atoms with Crippen LogP contribution in [-0.4, -0.2) is 35.1 Å². The average molecular weight is 396 g/mol. The van der Waals surface area contributed by atoms with Crippen LogP contribution in [0.4, 0.5) is 0 Å². The van der Waals surface area contributed by atoms with Crippen LogP contribution < -0.4 is 4.74 Å². The molecule has 0 amide bonds. The molecule has 3 heterocycles. The standard InChI is InChI=1S/C22H25N3O2S/c1-26-20-5-3-2-4-18(20)19-14-28-22(24-19)16-8-10-25(11-9-16)13-17-12-23-21(27-17)15-6-7-15/h2-5,12,14-16H,6-11,13H2,1H3. The van der Waals surface area contributed by atoms with E-state index in [1.54, 1.807) is 18.4 Å². The number of rotatable bonds is 6. The molecule has 0 atom stereocenters. The van der Waals surface area contributed by atoms with Gasteiger partial charge < -0.3 is 9.15 Å². The summed E-state index contributed by atoms with van der Waals surface area (Å²) in [6.45, 7) is 3.03. The van der Waals surface area contributed by atoms with E-state index in [-0.39, 0.29) is 0 Å². The van der Waals surface area contributed by atoms with Crippen LogP contribution in [0, 0.1) is 0 Å². The maximum atomic E-state index is 5.92. The molecule has 2 aliphatic rings. The molecule has 3 aromatic rings. The highest BCUT2D eigenvalue weighted by molar-refractivity contribution is 7.10. The van der Waals surface area contributed by atoms with Gasteiger partial charge in [0, 0.05) is 22.8 Å². The second-order valence-electron chi connectivity index (χ2n) is 7.76. The number of thiazole rings is 1. The zero-order valence-corrected chi connectivity index (χ0v) is 17.0. The van der Waals surface area contributed by atoms with E-state index in [4.69, 9.17) is 14.1 Å². The summed E-state index contributed by atoms with van der Waals surface area (Å²) < 4.78 is 11.4. The lowest BCUT2D eigenvalue weighted by Crippen LogP contribution is -2.32. The Labute approximate surface area is 169 Å². The van der Waals surface area contributed by atoms with Crippen LogP contribution in [0.25, 0.3) is 11.3 Å². The van der Waals surface area contributed by atoms with Crippen molar-refractivity contribution in [3.63, 3.8) is 0 Å². The Morgan fingerprint density at radius 3 is 2.75 bits per heavy atom. The lowest BCUT2D eigenvalue weighted by molar-refractivity contribution is 0.189. The van der Waals surface area contributed by atoms with E-state index in [1.807, 2.05) is 24.4 Å². The molecule has 5 nitrogen and oxygen atoms in total. The lowest BCUT2D eigenvalue weighted by Gasteiger charge is -2.30. The minimum absolute atomic E-state index is 0.543. The van der Waals surface area contributed by atoms with E-state index in [0.29, 0.717) is 11.8 Å². The minimum atomic E-state index is 0.543. The van der Waals surface area contributed by atoms with Gasteiger partial charge >= 0.3 is 0 Å². The molecule has 2 aromatic heterocycles. The highest BCUT2D eigenvalue weighted by Gasteiger charge is 2.29. The summed E-state index contributed by atoms with van der Waals surface area (Å²) >= 11 is 1.78. The molecule has 146 valence electrons. The van der Waals surface area contributed by atoms with Crippen LogP contribution >= 0.6 is 11.3 Å². The Kier molecular flexibility index (Phi) is 4.91. The highest BCUT2D eigenvalue weighted by atomic mass is 32.1. The maximum absolute atomic E-state index is 5.92. The van der Waals surface area contributed by atoms with Gasteiger partial charge in [-0.15, -0.1) is 11.3 Å². The Balaban J connectivity index is 1.20. The quantitative estimate of drug-likeness (QED) is 0.584. The lowest BCUT2D eigenvalue weighted by atomic mass is 9.97. The van der Waals surface area contributed by atoms with Crippen molar-refractivity contribution in [2.75, 3.05) is 20.2 Å². The van der Waals surface area contributed by atoms with Gasteiger partial charge in [0.2, 0.25) is 0 Å². The van der Waals surface area contributed by atoms with Gasteiger partial charge in [-0.2, -0.15) is 0 Å². The van der Waals surface area contributed by atoms with Crippen molar-refractivity contribution in [2.24, 2.45) is 0 Å². The molecule has 0 unspecified atom stereocenters. The molecule has 1 aromatic carbocycles. The van der Waals surface area contributed by atoms with Crippen molar-refractivity contribution in [1.29, 1.82) is 0 Å². The number of nitrogens with zero attached hydrogens (tertiary/aromatic N) is 3. The number of likely N-dealkylation sites (tertiary alicyclic amines) is 1. The van der Waals surface area contributed by atoms with Crippen LogP contribution in [-0.2, 0) is 6.54 Å². The van der Waals surface area contributed by atoms with Crippen molar-refractivity contribution in [3.8, 4) is 17.0 Å². The summed E-state index contributed by atoms with van der Waals surface area (Å²) in [7, 11) is 1.71. The summed E-state index contributed by atoms with van der Waals surface area (Å²) in [6, 6.07) is 8.10. The van der Waals surface area contributed by atoms with Crippen LogP contribution in [0.15, 0.2) is 40.3 Å². The van der Waals surface area contributed by atoms with Gasteiger partial charge in [0.25, 0.3) is 0 Å². The van der Waals surface area contributed by atoms with Crippen molar-refractivity contribution >= 4 is 11.3 Å². The van der Waals surface area contributed by atoms with E-state index < -0.39 is 0 Å². The fourth-order valence-corrected chi connectivity index (χ4v) is 4.92. The topological polar surface area (TPSA) is 51.4 Å². The predicted molar refractivity (Wildman–Crippen MR) is 110 cm³/mol. The van der Waals surface area contributed by atoms with E-state index in [0.717, 1.165) is 61.1 Å². The van der Waals surface area contributed by atoms with Gasteiger partial charge in [0.15, 0.2) is 5.89 Å². The van der Waals surface area contributed by atoms with Gasteiger partial charge in [-0.3, -0.25) is 4.90 Å². The number of ether oxygens (including phenoxy) is 1. The molecule has 6 heteroatoms. The first-order valence-electron chi connectivity index (χ1n) is 10.1. The van der Waals surface area contributed by atoms with Gasteiger partial charge in [0.05, 0.1) is 30.6 Å². The summed E-state index contributed by atoms with van der Waals surface area (Å²) in [5.41, 5.74) is 2.09. The monoisotopic (exact) mass is 395 g/mol. The number of methoxy groups -OCH3 is 1. The number of benzene rings is 1. The third-order valence-electron chi connectivity index (χ3n) is 5.72. The molecule has 1 saturated heterocycles. The van der Waals surface area contributed by atoms with E-state index >= 15 is 0 Å². The van der Waals surface area contributed by atoms with Gasteiger partial charge in [-0.05, 0) is 50.9 Å². The number of oxazole rings is 1. The zero-order valence-electron chi connectivity index (χ0n) is 16.1. The Hall–Kier alpha value is -2.18. The zero-order chi connectivity index (χ0) is 18.9. The van der Waals surface area contributed by atoms with Crippen LogP contribution in [0.2, 0.25) is 0 Å². The summed E-state index contributed by atoms with van der Waals surface area (Å²) in [4.78, 5) is 11.9. The molecule has 1 aliphatic carbocycles. The fraction of sp³-hybridized carbons (Fsp3) is 0.455. The smallest absolute Gasteiger partial charge is 0.197 e. The number of hydrogen-bond acceptors (Lipinski definition) is 6. The summed E-state index contributed by atoms with van der Waals surface area (Å²) in [5, 5.41) is 3.41. The second kappa shape index (κ2) is 7.68. The SMILES string of the molecule is COc1ccccc1-c1csc(C2CCN(Cc3cnc(C4CC4)o3)CC2)n1. The molecule has 1 saturated carbocycles. The van der Waals surface area contributed by atoms with Crippen LogP contribution in [0.5, 0.6) is 5.75 Å². The normalized spacial score (nSPS) is 18.5. The fourth-order valence-electron chi connectivity index (χ4n) is 3.93. The average Bonchev–Trinajstić information content (AvgIpc) is 3.29. The summed E-state index contributed by atoms with van der Waals surface area (Å²) in [6.07, 6.45) is 6.66. The molecular weight excluding hydrogens is 370 g/mol. The van der Waals surface area contributed by atoms with Crippen molar-refractivity contribution in [3.05, 3.63) is 52.5 Å². The van der Waals surface area contributed by atoms with E-state index in [2.05, 4.69) is 21.3 Å². The largest absolute Gasteiger partial charge is 0.496 e. The third-order valence-corrected chi connectivity index (χ3v) is 6.73. The number of hydrogen-bond donors (Lipinski definition) is 0. The minimum Gasteiger partial charge on any atom is -0.496 e. The molecule has 0 N–H and O–H groups in total. The molecule has 0 bridgehead atoms. The first-order valence-corrected chi connectivity index (χ1v) is 10.9. The van der Waals surface area contributed by atoms with Crippen LogP contribution in [0.3, 0.4) is 0 Å². The number of para-hydroxylation sites is 1. The Morgan fingerprint density at radius 2 is 1.96 bits per heavy atom. The predicted octanol–water partition coefficient (Wildman–Crippen LogP) is 5.06. The third kappa shape index (κ3) is 3.71. The molecule has 0 spiro atoms.